The van der Waals surface area contributed by atoms with E-state index < -0.39 is 48.0 Å². The average Bonchev–Trinajstić information content (AvgIpc) is 2.97. The fourth-order valence-electron chi connectivity index (χ4n) is 3.31. The summed E-state index contributed by atoms with van der Waals surface area (Å²) < 4.78 is 0. The molecule has 2 aromatic rings. The van der Waals surface area contributed by atoms with E-state index in [2.05, 4.69) is 5.32 Å². The van der Waals surface area contributed by atoms with Crippen LogP contribution in [-0.4, -0.2) is 80.0 Å². The first-order chi connectivity index (χ1) is 21.0. The summed E-state index contributed by atoms with van der Waals surface area (Å²) in [5.74, 6) is -3.34. The van der Waals surface area contributed by atoms with Gasteiger partial charge in [-0.1, -0.05) is 76.1 Å². The van der Waals surface area contributed by atoms with E-state index in [4.69, 9.17) is 42.7 Å². The second kappa shape index (κ2) is 24.9. The first kappa shape index (κ1) is 42.6. The third-order valence-corrected chi connectivity index (χ3v) is 5.78. The number of hydrogen-bond acceptors (Lipinski definition) is 9. The van der Waals surface area contributed by atoms with Gasteiger partial charge < -0.3 is 48.1 Å². The number of nitrogens with two attached hydrogens (primary N) is 3. The van der Waals surface area contributed by atoms with Gasteiger partial charge in [0.2, 0.25) is 6.41 Å². The zero-order valence-corrected chi connectivity index (χ0v) is 25.9. The molecule has 0 aliphatic heterocycles. The number of nitrogens with one attached hydrogen (secondary N) is 1. The summed E-state index contributed by atoms with van der Waals surface area (Å²) in [7, 11) is 0. The third-order valence-electron chi connectivity index (χ3n) is 5.78. The van der Waals surface area contributed by atoms with Gasteiger partial charge in [-0.25, -0.2) is 4.79 Å². The molecule has 0 aromatic heterocycles. The van der Waals surface area contributed by atoms with E-state index in [1.807, 2.05) is 51.1 Å². The average molecular weight is 637 g/mol. The van der Waals surface area contributed by atoms with Gasteiger partial charge in [0.05, 0.1) is 0 Å². The lowest BCUT2D eigenvalue weighted by molar-refractivity contribution is -0.141. The van der Waals surface area contributed by atoms with Gasteiger partial charge in [-0.2, -0.15) is 0 Å². The Morgan fingerprint density at radius 2 is 1.18 bits per heavy atom. The van der Waals surface area contributed by atoms with Crippen LogP contribution < -0.4 is 22.5 Å². The zero-order valence-electron chi connectivity index (χ0n) is 25.9. The van der Waals surface area contributed by atoms with Crippen LogP contribution in [0.15, 0.2) is 54.6 Å². The number of aliphatic carboxylic acids is 4. The van der Waals surface area contributed by atoms with Crippen LogP contribution in [0.1, 0.15) is 57.6 Å². The van der Waals surface area contributed by atoms with E-state index in [9.17, 15) is 24.0 Å². The van der Waals surface area contributed by atoms with Crippen molar-refractivity contribution in [1.82, 2.24) is 5.32 Å². The fourth-order valence-corrected chi connectivity index (χ4v) is 3.31. The van der Waals surface area contributed by atoms with Gasteiger partial charge in [-0.05, 0) is 54.9 Å². The standard InChI is InChI=1S/C9H11NO3.C9H11NO2.C7H13NO3.C6H13NO2/c10-8(9(12)13)5-6-1-3-7(11)4-2-6;10-8(9(11)12)6-7-4-2-1-3-5-7;1-2-3-4-6(7(10)11)8-5-9;1-4(2)3-5(7)6(8)9/h1-4,8,11H,5,10H2,(H,12,13);1-5,8H,6,10H2,(H,11,12);5-6H,2-4H2,1H3,(H,8,9)(H,10,11);4-5H,3,7H2,1-2H3,(H,8,9)/t2*8-;6-;5-/m0000/s1. The maximum Gasteiger partial charge on any atom is 0.326 e. The Morgan fingerprint density at radius 3 is 1.51 bits per heavy atom. The van der Waals surface area contributed by atoms with Crippen LogP contribution in [0, 0.1) is 5.92 Å². The van der Waals surface area contributed by atoms with E-state index in [1.165, 1.54) is 12.1 Å². The second-order valence-electron chi connectivity index (χ2n) is 10.3. The molecule has 252 valence electrons. The van der Waals surface area contributed by atoms with Gasteiger partial charge in [-0.15, -0.1) is 0 Å². The van der Waals surface area contributed by atoms with Crippen LogP contribution in [0.25, 0.3) is 0 Å². The molecule has 14 heteroatoms. The van der Waals surface area contributed by atoms with E-state index in [0.29, 0.717) is 31.6 Å². The van der Waals surface area contributed by atoms with Crippen molar-refractivity contribution in [2.75, 3.05) is 0 Å². The number of hydrogen-bond donors (Lipinski definition) is 9. The van der Waals surface area contributed by atoms with E-state index in [0.717, 1.165) is 24.0 Å². The van der Waals surface area contributed by atoms with Gasteiger partial charge in [0.15, 0.2) is 0 Å². The van der Waals surface area contributed by atoms with E-state index >= 15 is 0 Å². The third kappa shape index (κ3) is 23.6. The molecular weight excluding hydrogens is 588 g/mol. The lowest BCUT2D eigenvalue weighted by atomic mass is 10.1. The minimum absolute atomic E-state index is 0.160. The summed E-state index contributed by atoms with van der Waals surface area (Å²) in [5.41, 5.74) is 17.6. The Hall–Kier alpha value is -4.53. The normalized spacial score (nSPS) is 12.6. The fraction of sp³-hybridized carbons (Fsp3) is 0.452. The van der Waals surface area contributed by atoms with Crippen molar-refractivity contribution in [3.63, 3.8) is 0 Å². The Bertz CT molecular complexity index is 1130. The quantitative estimate of drug-likeness (QED) is 0.126. The van der Waals surface area contributed by atoms with Crippen molar-refractivity contribution in [2.45, 2.75) is 83.5 Å². The molecular formula is C31H48N4O10. The number of aromatic hydroxyl groups is 1. The molecule has 2 aromatic carbocycles. The highest BCUT2D eigenvalue weighted by molar-refractivity contribution is 5.76. The van der Waals surface area contributed by atoms with Crippen LogP contribution >= 0.6 is 0 Å². The van der Waals surface area contributed by atoms with Crippen LogP contribution in [0.5, 0.6) is 5.75 Å². The summed E-state index contributed by atoms with van der Waals surface area (Å²) in [6, 6.07) is 12.6. The number of phenols is 1. The number of carboxylic acid groups (broad SMARTS) is 4. The predicted molar refractivity (Wildman–Crippen MR) is 168 cm³/mol. The largest absolute Gasteiger partial charge is 0.508 e. The SMILES string of the molecule is CC(C)C[C@H](N)C(=O)O.CCCC[C@H](NC=O)C(=O)O.N[C@@H](Cc1ccc(O)cc1)C(=O)O.N[C@@H](Cc1ccccc1)C(=O)O. The smallest absolute Gasteiger partial charge is 0.326 e. The van der Waals surface area contributed by atoms with E-state index in [1.54, 1.807) is 12.1 Å². The summed E-state index contributed by atoms with van der Waals surface area (Å²) in [5, 5.41) is 45.0. The van der Waals surface area contributed by atoms with Crippen molar-refractivity contribution in [1.29, 1.82) is 0 Å². The molecule has 0 aliphatic carbocycles. The number of benzene rings is 2. The van der Waals surface area contributed by atoms with Crippen LogP contribution in [-0.2, 0) is 36.8 Å². The number of rotatable bonds is 15. The number of carbonyl (C=O) groups excluding carboxylic acids is 1. The molecule has 0 radical (unpaired) electrons. The Labute approximate surface area is 263 Å². The molecule has 0 bridgehead atoms. The van der Waals surface area contributed by atoms with Crippen LogP contribution in [0.3, 0.4) is 0 Å². The van der Waals surface area contributed by atoms with Crippen molar-refractivity contribution in [2.24, 2.45) is 23.1 Å². The minimum Gasteiger partial charge on any atom is -0.508 e. The number of amides is 1. The molecule has 14 nitrogen and oxygen atoms in total. The predicted octanol–water partition coefficient (Wildman–Crippen LogP) is 1.81. The molecule has 12 N–H and O–H groups in total. The van der Waals surface area contributed by atoms with Crippen molar-refractivity contribution in [3.8, 4) is 5.75 Å². The van der Waals surface area contributed by atoms with Gasteiger partial charge in [0, 0.05) is 0 Å². The maximum atomic E-state index is 10.4. The van der Waals surface area contributed by atoms with Gasteiger partial charge in [0.1, 0.15) is 29.9 Å². The Kier molecular flexibility index (Phi) is 23.5. The van der Waals surface area contributed by atoms with Gasteiger partial charge in [-0.3, -0.25) is 19.2 Å². The second-order valence-corrected chi connectivity index (χ2v) is 10.3. The Balaban J connectivity index is 0. The molecule has 0 saturated heterocycles. The molecule has 0 fully saturated rings. The zero-order chi connectivity index (χ0) is 34.9. The number of carbonyl (C=O) groups is 5. The molecule has 4 atom stereocenters. The van der Waals surface area contributed by atoms with E-state index in [-0.39, 0.29) is 12.2 Å². The summed E-state index contributed by atoms with van der Waals surface area (Å²) in [4.78, 5) is 51.2. The first-order valence-corrected chi connectivity index (χ1v) is 14.2. The van der Waals surface area contributed by atoms with Crippen LogP contribution in [0.4, 0.5) is 0 Å². The highest BCUT2D eigenvalue weighted by Gasteiger charge is 2.15. The van der Waals surface area contributed by atoms with Gasteiger partial charge >= 0.3 is 23.9 Å². The molecule has 2 rings (SSSR count). The molecule has 45 heavy (non-hydrogen) atoms. The molecule has 1 amide bonds. The molecule has 0 heterocycles. The number of phenolic OH excluding ortho intramolecular Hbond substituents is 1. The summed E-state index contributed by atoms with van der Waals surface area (Å²) in [6.07, 6.45) is 3.89. The lowest BCUT2D eigenvalue weighted by Gasteiger charge is -2.08. The van der Waals surface area contributed by atoms with Crippen molar-refractivity contribution in [3.05, 3.63) is 65.7 Å². The molecule has 0 aliphatic rings. The summed E-state index contributed by atoms with van der Waals surface area (Å²) >= 11 is 0. The first-order valence-electron chi connectivity index (χ1n) is 14.2. The Morgan fingerprint density at radius 1 is 0.733 bits per heavy atom. The minimum atomic E-state index is -1.02. The topological polar surface area (TPSA) is 277 Å². The van der Waals surface area contributed by atoms with Gasteiger partial charge in [0.25, 0.3) is 0 Å². The summed E-state index contributed by atoms with van der Waals surface area (Å²) in [6.45, 7) is 5.87. The highest BCUT2D eigenvalue weighted by Crippen LogP contribution is 2.10. The lowest BCUT2D eigenvalue weighted by Crippen LogP contribution is -2.35. The monoisotopic (exact) mass is 636 g/mol. The van der Waals surface area contributed by atoms with Crippen LogP contribution in [0.2, 0.25) is 0 Å². The number of carboxylic acids is 4. The highest BCUT2D eigenvalue weighted by atomic mass is 16.4. The van der Waals surface area contributed by atoms with Crippen molar-refractivity contribution >= 4 is 30.3 Å². The number of unbranched alkanes of at least 4 members (excludes halogenated alkanes) is 1. The molecule has 0 saturated carbocycles. The molecule has 0 unspecified atom stereocenters. The van der Waals surface area contributed by atoms with Crippen molar-refractivity contribution < 1.29 is 49.5 Å². The maximum absolute atomic E-state index is 10.4. The molecule has 0 spiro atoms.